The Balaban J connectivity index is 1.37. The van der Waals surface area contributed by atoms with E-state index >= 15 is 0 Å². The highest BCUT2D eigenvalue weighted by Crippen LogP contribution is 2.33. The highest BCUT2D eigenvalue weighted by Gasteiger charge is 2.30. The Morgan fingerprint density at radius 2 is 1.67 bits per heavy atom. The minimum atomic E-state index is -4.52. The molecule has 0 radical (unpaired) electrons. The zero-order valence-corrected chi connectivity index (χ0v) is 25.0. The summed E-state index contributed by atoms with van der Waals surface area (Å²) in [5, 5.41) is 6.79. The van der Waals surface area contributed by atoms with Gasteiger partial charge in [0.25, 0.3) is 0 Å². The van der Waals surface area contributed by atoms with E-state index in [0.29, 0.717) is 34.7 Å². The lowest BCUT2D eigenvalue weighted by Crippen LogP contribution is -2.36. The first-order valence-electron chi connectivity index (χ1n) is 14.0. The first kappa shape index (κ1) is 32.2. The van der Waals surface area contributed by atoms with E-state index in [4.69, 9.17) is 9.47 Å². The average molecular weight is 649 g/mol. The fourth-order valence-corrected chi connectivity index (χ4v) is 5.34. The smallest absolute Gasteiger partial charge is 0.422 e. The van der Waals surface area contributed by atoms with Crippen LogP contribution in [0.2, 0.25) is 0 Å². The second kappa shape index (κ2) is 13.9. The number of alkyl halides is 6. The second-order valence-corrected chi connectivity index (χ2v) is 11.0. The summed E-state index contributed by atoms with van der Waals surface area (Å²) in [5.74, 6) is 5.62. The van der Waals surface area contributed by atoms with Gasteiger partial charge < -0.3 is 29.6 Å². The van der Waals surface area contributed by atoms with E-state index in [9.17, 15) is 26.3 Å². The van der Waals surface area contributed by atoms with Crippen LogP contribution in [-0.2, 0) is 11.3 Å². The van der Waals surface area contributed by atoms with Crippen molar-refractivity contribution in [2.24, 2.45) is 0 Å². The van der Waals surface area contributed by atoms with Crippen LogP contribution in [0.1, 0.15) is 5.69 Å². The largest absolute Gasteiger partial charge is 0.482 e. The molecule has 5 rings (SSSR count). The summed E-state index contributed by atoms with van der Waals surface area (Å²) in [6.07, 6.45) is -7.23. The van der Waals surface area contributed by atoms with Crippen LogP contribution >= 0.6 is 11.8 Å². The Labute approximate surface area is 260 Å². The normalized spacial score (nSPS) is 13.8. The first-order valence-corrected chi connectivity index (χ1v) is 15.2. The van der Waals surface area contributed by atoms with Crippen molar-refractivity contribution in [3.63, 3.8) is 0 Å². The Morgan fingerprint density at radius 1 is 0.911 bits per heavy atom. The molecule has 0 amide bonds. The zero-order valence-electron chi connectivity index (χ0n) is 24.2. The molecule has 1 fully saturated rings. The number of morpholine rings is 1. The second-order valence-electron chi connectivity index (χ2n) is 10.2. The molecule has 4 aromatic rings. The topological polar surface area (TPSA) is 50.7 Å². The Bertz CT molecular complexity index is 1670. The molecule has 0 saturated carbocycles. The van der Waals surface area contributed by atoms with Crippen LogP contribution in [0.4, 0.5) is 49.1 Å². The highest BCUT2D eigenvalue weighted by molar-refractivity contribution is 7.98. The average Bonchev–Trinajstić information content (AvgIpc) is 3.35. The van der Waals surface area contributed by atoms with Gasteiger partial charge in [0.15, 0.2) is 6.61 Å². The van der Waals surface area contributed by atoms with Crippen molar-refractivity contribution in [3.8, 4) is 17.6 Å². The van der Waals surface area contributed by atoms with Gasteiger partial charge in [0.1, 0.15) is 12.3 Å². The maximum atomic E-state index is 13.6. The van der Waals surface area contributed by atoms with Gasteiger partial charge in [0, 0.05) is 40.4 Å². The number of hydrogen-bond donors (Lipinski definition) is 2. The van der Waals surface area contributed by atoms with Crippen LogP contribution in [-0.4, -0.2) is 62.6 Å². The summed E-state index contributed by atoms with van der Waals surface area (Å²) >= 11 is 1.34. The molecule has 1 aliphatic heterocycles. The van der Waals surface area contributed by atoms with Gasteiger partial charge in [-0.3, -0.25) is 0 Å². The lowest BCUT2D eigenvalue weighted by molar-refractivity contribution is -0.153. The molecule has 13 heteroatoms. The number of halogens is 6. The molecule has 3 aromatic carbocycles. The molecule has 2 N–H and O–H groups in total. The molecule has 1 aliphatic rings. The predicted octanol–water partition coefficient (Wildman–Crippen LogP) is 7.91. The van der Waals surface area contributed by atoms with Crippen LogP contribution in [0, 0.1) is 11.8 Å². The van der Waals surface area contributed by atoms with Crippen molar-refractivity contribution < 1.29 is 35.8 Å². The molecule has 1 aromatic heterocycles. The molecular formula is C32H30F6N4O2S. The van der Waals surface area contributed by atoms with Gasteiger partial charge in [0.2, 0.25) is 0 Å². The van der Waals surface area contributed by atoms with Crippen LogP contribution in [0.3, 0.4) is 0 Å². The molecule has 0 spiro atoms. The number of rotatable bonds is 9. The molecule has 45 heavy (non-hydrogen) atoms. The molecular weight excluding hydrogens is 618 g/mol. The SMILES string of the molecule is CSc1ccc(NCC#Cc2cc3c(Nc4ccc(N5CCOCC5)cc4)cccc3n2CC(F)(F)F)c(OCC(F)(F)F)c1. The summed E-state index contributed by atoms with van der Waals surface area (Å²) in [7, 11) is 0. The third-order valence-electron chi connectivity index (χ3n) is 6.97. The first-order chi connectivity index (χ1) is 21.5. The van der Waals surface area contributed by atoms with E-state index in [2.05, 4.69) is 27.4 Å². The van der Waals surface area contributed by atoms with Gasteiger partial charge in [-0.1, -0.05) is 12.0 Å². The van der Waals surface area contributed by atoms with Crippen molar-refractivity contribution in [2.75, 3.05) is 61.2 Å². The lowest BCUT2D eigenvalue weighted by Gasteiger charge is -2.29. The Morgan fingerprint density at radius 3 is 2.36 bits per heavy atom. The third kappa shape index (κ3) is 8.73. The number of anilines is 4. The molecule has 0 atom stereocenters. The summed E-state index contributed by atoms with van der Waals surface area (Å²) in [5.41, 5.74) is 3.24. The number of hydrogen-bond acceptors (Lipinski definition) is 6. The number of fused-ring (bicyclic) bond motifs is 1. The van der Waals surface area contributed by atoms with Gasteiger partial charge in [-0.25, -0.2) is 0 Å². The minimum absolute atomic E-state index is 0.000791. The Kier molecular flexibility index (Phi) is 9.94. The van der Waals surface area contributed by atoms with Crippen molar-refractivity contribution in [2.45, 2.75) is 23.8 Å². The monoisotopic (exact) mass is 648 g/mol. The number of benzene rings is 3. The number of thioether (sulfide) groups is 1. The van der Waals surface area contributed by atoms with E-state index in [1.165, 1.54) is 17.8 Å². The molecule has 0 bridgehead atoms. The van der Waals surface area contributed by atoms with Gasteiger partial charge in [-0.2, -0.15) is 26.3 Å². The van der Waals surface area contributed by atoms with Gasteiger partial charge in [0.05, 0.1) is 36.7 Å². The van der Waals surface area contributed by atoms with Crippen molar-refractivity contribution in [3.05, 3.63) is 72.4 Å². The maximum absolute atomic E-state index is 13.6. The van der Waals surface area contributed by atoms with E-state index < -0.39 is 25.5 Å². The van der Waals surface area contributed by atoms with E-state index in [1.807, 2.05) is 24.3 Å². The maximum Gasteiger partial charge on any atom is 0.422 e. The zero-order chi connectivity index (χ0) is 32.0. The van der Waals surface area contributed by atoms with E-state index in [0.717, 1.165) is 29.0 Å². The standard InChI is InChI=1S/C32H30F6N4O2S/c1-45-25-11-12-28(30(19-25)44-21-32(36,37)38)39-13-3-4-24-18-26-27(5-2-6-29(26)42(24)20-31(33,34)35)40-22-7-9-23(10-8-22)41-14-16-43-17-15-41/h2,5-12,18-19,39-40H,13-17,20-21H2,1H3. The van der Waals surface area contributed by atoms with Crippen LogP contribution in [0.15, 0.2) is 71.6 Å². The van der Waals surface area contributed by atoms with Crippen molar-refractivity contribution in [1.82, 2.24) is 4.57 Å². The van der Waals surface area contributed by atoms with Crippen LogP contribution in [0.25, 0.3) is 10.9 Å². The number of ether oxygens (including phenoxy) is 2. The summed E-state index contributed by atoms with van der Waals surface area (Å²) < 4.78 is 90.7. The van der Waals surface area contributed by atoms with E-state index in [1.54, 1.807) is 42.7 Å². The molecule has 1 saturated heterocycles. The molecule has 0 unspecified atom stereocenters. The molecule has 238 valence electrons. The lowest BCUT2D eigenvalue weighted by atomic mass is 10.2. The van der Waals surface area contributed by atoms with Crippen molar-refractivity contribution >= 4 is 45.4 Å². The highest BCUT2D eigenvalue weighted by atomic mass is 32.2. The molecule has 6 nitrogen and oxygen atoms in total. The number of nitrogens with zero attached hydrogens (tertiary/aromatic N) is 2. The summed E-state index contributed by atoms with van der Waals surface area (Å²) in [6, 6.07) is 19.3. The number of nitrogens with one attached hydrogen (secondary N) is 2. The minimum Gasteiger partial charge on any atom is -0.482 e. The van der Waals surface area contributed by atoms with Crippen LogP contribution < -0.4 is 20.3 Å². The van der Waals surface area contributed by atoms with Crippen molar-refractivity contribution in [1.29, 1.82) is 0 Å². The van der Waals surface area contributed by atoms with Gasteiger partial charge >= 0.3 is 12.4 Å². The fraction of sp³-hybridized carbons (Fsp3) is 0.312. The summed E-state index contributed by atoms with van der Waals surface area (Å²) in [6.45, 7) is 0.191. The molecule has 0 aliphatic carbocycles. The fourth-order valence-electron chi connectivity index (χ4n) is 4.91. The third-order valence-corrected chi connectivity index (χ3v) is 7.69. The quantitative estimate of drug-likeness (QED) is 0.109. The number of aromatic nitrogens is 1. The van der Waals surface area contributed by atoms with Crippen LogP contribution in [0.5, 0.6) is 5.75 Å². The Hall–Kier alpha value is -4.15. The van der Waals surface area contributed by atoms with Gasteiger partial charge in [-0.05, 0) is 72.8 Å². The summed E-state index contributed by atoms with van der Waals surface area (Å²) in [4.78, 5) is 2.93. The predicted molar refractivity (Wildman–Crippen MR) is 166 cm³/mol. The molecule has 2 heterocycles. The van der Waals surface area contributed by atoms with E-state index in [-0.39, 0.29) is 23.7 Å². The van der Waals surface area contributed by atoms with Gasteiger partial charge in [-0.15, -0.1) is 11.8 Å².